The molecule has 7 heteroatoms. The Hall–Kier alpha value is -3.06. The normalized spacial score (nSPS) is 12.0. The summed E-state index contributed by atoms with van der Waals surface area (Å²) in [4.78, 5) is 21.8. The van der Waals surface area contributed by atoms with Crippen LogP contribution in [0.2, 0.25) is 0 Å². The van der Waals surface area contributed by atoms with Gasteiger partial charge in [-0.15, -0.1) is 0 Å². The van der Waals surface area contributed by atoms with E-state index in [-0.39, 0.29) is 5.69 Å². The summed E-state index contributed by atoms with van der Waals surface area (Å²) in [7, 11) is 0. The molecule has 0 aromatic heterocycles. The number of nitrogens with zero attached hydrogens (tertiary/aromatic N) is 2. The number of non-ortho nitro benzene ring substituents is 1. The summed E-state index contributed by atoms with van der Waals surface area (Å²) in [5.74, 6) is -0.687. The highest BCUT2D eigenvalue weighted by Crippen LogP contribution is 2.12. The molecule has 0 saturated heterocycles. The van der Waals surface area contributed by atoms with Crippen LogP contribution >= 0.6 is 0 Å². The Balaban J connectivity index is 1.99. The maximum Gasteiger partial charge on any atom is 0.273 e. The Morgan fingerprint density at radius 1 is 1.23 bits per heavy atom. The summed E-state index contributed by atoms with van der Waals surface area (Å²) in [5, 5.41) is 24.1. The molecular weight excluding hydrogens is 286 g/mol. The highest BCUT2D eigenvalue weighted by molar-refractivity contribution is 5.85. The van der Waals surface area contributed by atoms with Gasteiger partial charge < -0.3 is 5.11 Å². The van der Waals surface area contributed by atoms with E-state index in [1.165, 1.54) is 24.4 Å². The molecule has 0 aliphatic heterocycles. The molecule has 2 N–H and O–H groups in total. The predicted octanol–water partition coefficient (Wildman–Crippen LogP) is 1.78. The lowest BCUT2D eigenvalue weighted by Crippen LogP contribution is -2.25. The van der Waals surface area contributed by atoms with E-state index in [0.29, 0.717) is 11.1 Å². The van der Waals surface area contributed by atoms with E-state index in [4.69, 9.17) is 0 Å². The summed E-state index contributed by atoms with van der Waals surface area (Å²) < 4.78 is 0. The van der Waals surface area contributed by atoms with Crippen LogP contribution in [0.5, 0.6) is 0 Å². The molecule has 1 atom stereocenters. The van der Waals surface area contributed by atoms with Crippen LogP contribution in [0.4, 0.5) is 5.69 Å². The van der Waals surface area contributed by atoms with Gasteiger partial charge in [0.15, 0.2) is 6.10 Å². The van der Waals surface area contributed by atoms with Gasteiger partial charge >= 0.3 is 0 Å². The summed E-state index contributed by atoms with van der Waals surface area (Å²) in [6.07, 6.45) is -0.0636. The third kappa shape index (κ3) is 3.97. The SMILES string of the molecule is O=C(NN=Cc1cccc([N+](=O)[O-])c1)C(O)c1ccccc1. The number of nitro benzene ring substituents is 1. The van der Waals surface area contributed by atoms with Crippen molar-refractivity contribution < 1.29 is 14.8 Å². The molecule has 2 aromatic rings. The molecular formula is C15H13N3O4. The minimum Gasteiger partial charge on any atom is -0.378 e. The minimum absolute atomic E-state index is 0.0698. The van der Waals surface area contributed by atoms with Crippen LogP contribution in [0, 0.1) is 10.1 Å². The van der Waals surface area contributed by atoms with Crippen molar-refractivity contribution in [3.63, 3.8) is 0 Å². The molecule has 0 aliphatic rings. The number of hydrogen-bond acceptors (Lipinski definition) is 5. The lowest BCUT2D eigenvalue weighted by molar-refractivity contribution is -0.384. The Morgan fingerprint density at radius 2 is 1.95 bits per heavy atom. The van der Waals surface area contributed by atoms with Gasteiger partial charge in [-0.1, -0.05) is 42.5 Å². The van der Waals surface area contributed by atoms with Crippen molar-refractivity contribution in [1.82, 2.24) is 5.43 Å². The third-order valence-electron chi connectivity index (χ3n) is 2.83. The second kappa shape index (κ2) is 7.09. The summed E-state index contributed by atoms with van der Waals surface area (Å²) in [6.45, 7) is 0. The molecule has 2 aromatic carbocycles. The van der Waals surface area contributed by atoms with Crippen molar-refractivity contribution in [2.45, 2.75) is 6.10 Å². The van der Waals surface area contributed by atoms with Gasteiger partial charge in [-0.25, -0.2) is 5.43 Å². The summed E-state index contributed by atoms with van der Waals surface area (Å²) in [6, 6.07) is 14.2. The van der Waals surface area contributed by atoms with Crippen molar-refractivity contribution >= 4 is 17.8 Å². The molecule has 0 heterocycles. The van der Waals surface area contributed by atoms with Crippen molar-refractivity contribution in [1.29, 1.82) is 0 Å². The number of hydrogen-bond donors (Lipinski definition) is 2. The molecule has 0 aliphatic carbocycles. The predicted molar refractivity (Wildman–Crippen MR) is 80.2 cm³/mol. The van der Waals surface area contributed by atoms with E-state index in [1.807, 2.05) is 0 Å². The van der Waals surface area contributed by atoms with E-state index in [1.54, 1.807) is 36.4 Å². The number of hydrazone groups is 1. The van der Waals surface area contributed by atoms with E-state index in [0.717, 1.165) is 0 Å². The first kappa shape index (κ1) is 15.3. The molecule has 112 valence electrons. The number of nitrogens with one attached hydrogen (secondary N) is 1. The number of carbonyl (C=O) groups is 1. The third-order valence-corrected chi connectivity index (χ3v) is 2.83. The van der Waals surface area contributed by atoms with Crippen molar-refractivity contribution in [2.75, 3.05) is 0 Å². The van der Waals surface area contributed by atoms with Crippen LogP contribution in [-0.2, 0) is 4.79 Å². The average molecular weight is 299 g/mol. The fourth-order valence-electron chi connectivity index (χ4n) is 1.74. The number of aliphatic hydroxyl groups excluding tert-OH is 1. The van der Waals surface area contributed by atoms with Crippen molar-refractivity contribution in [2.24, 2.45) is 5.10 Å². The van der Waals surface area contributed by atoms with Gasteiger partial charge in [0, 0.05) is 17.7 Å². The molecule has 0 fully saturated rings. The average Bonchev–Trinajstić information content (AvgIpc) is 2.55. The quantitative estimate of drug-likeness (QED) is 0.498. The van der Waals surface area contributed by atoms with Gasteiger partial charge in [0.1, 0.15) is 0 Å². The number of amides is 1. The van der Waals surface area contributed by atoms with Crippen LogP contribution in [0.3, 0.4) is 0 Å². The van der Waals surface area contributed by atoms with Crippen LogP contribution in [0.15, 0.2) is 59.7 Å². The molecule has 0 saturated carbocycles. The molecule has 0 spiro atoms. The minimum atomic E-state index is -1.33. The number of rotatable bonds is 5. The Labute approximate surface area is 126 Å². The first-order chi connectivity index (χ1) is 10.6. The standard InChI is InChI=1S/C15H13N3O4/c19-14(12-6-2-1-3-7-12)15(20)17-16-10-11-5-4-8-13(9-11)18(21)22/h1-10,14,19H,(H,17,20). The second-order valence-corrected chi connectivity index (χ2v) is 4.40. The molecule has 2 rings (SSSR count). The van der Waals surface area contributed by atoms with Gasteiger partial charge in [0.05, 0.1) is 11.1 Å². The Morgan fingerprint density at radius 3 is 2.64 bits per heavy atom. The number of nitro groups is 1. The number of aliphatic hydroxyl groups is 1. The molecule has 1 unspecified atom stereocenters. The van der Waals surface area contributed by atoms with Crippen LogP contribution < -0.4 is 5.43 Å². The largest absolute Gasteiger partial charge is 0.378 e. The Kier molecular flexibility index (Phi) is 4.94. The van der Waals surface area contributed by atoms with Gasteiger partial charge in [0.2, 0.25) is 0 Å². The van der Waals surface area contributed by atoms with Crippen LogP contribution in [0.25, 0.3) is 0 Å². The molecule has 22 heavy (non-hydrogen) atoms. The molecule has 1 amide bonds. The highest BCUT2D eigenvalue weighted by atomic mass is 16.6. The van der Waals surface area contributed by atoms with E-state index < -0.39 is 16.9 Å². The summed E-state index contributed by atoms with van der Waals surface area (Å²) in [5.41, 5.74) is 3.03. The Bertz CT molecular complexity index is 701. The topological polar surface area (TPSA) is 105 Å². The monoisotopic (exact) mass is 299 g/mol. The number of benzene rings is 2. The van der Waals surface area contributed by atoms with Gasteiger partial charge in [0.25, 0.3) is 11.6 Å². The van der Waals surface area contributed by atoms with E-state index in [2.05, 4.69) is 10.5 Å². The first-order valence-corrected chi connectivity index (χ1v) is 6.38. The van der Waals surface area contributed by atoms with Gasteiger partial charge in [-0.3, -0.25) is 14.9 Å². The molecule has 0 bridgehead atoms. The number of carbonyl (C=O) groups excluding carboxylic acids is 1. The van der Waals surface area contributed by atoms with Gasteiger partial charge in [-0.2, -0.15) is 5.10 Å². The fraction of sp³-hybridized carbons (Fsp3) is 0.0667. The first-order valence-electron chi connectivity index (χ1n) is 6.38. The zero-order chi connectivity index (χ0) is 15.9. The smallest absolute Gasteiger partial charge is 0.273 e. The molecule has 0 radical (unpaired) electrons. The highest BCUT2D eigenvalue weighted by Gasteiger charge is 2.15. The van der Waals surface area contributed by atoms with Gasteiger partial charge in [-0.05, 0) is 5.56 Å². The zero-order valence-electron chi connectivity index (χ0n) is 11.4. The fourth-order valence-corrected chi connectivity index (χ4v) is 1.74. The second-order valence-electron chi connectivity index (χ2n) is 4.40. The van der Waals surface area contributed by atoms with E-state index in [9.17, 15) is 20.0 Å². The van der Waals surface area contributed by atoms with Crippen molar-refractivity contribution in [3.05, 3.63) is 75.8 Å². The lowest BCUT2D eigenvalue weighted by atomic mass is 10.1. The lowest BCUT2D eigenvalue weighted by Gasteiger charge is -2.08. The maximum atomic E-state index is 11.7. The maximum absolute atomic E-state index is 11.7. The molecule has 7 nitrogen and oxygen atoms in total. The van der Waals surface area contributed by atoms with Crippen LogP contribution in [-0.4, -0.2) is 22.2 Å². The van der Waals surface area contributed by atoms with Crippen molar-refractivity contribution in [3.8, 4) is 0 Å². The van der Waals surface area contributed by atoms with Crippen LogP contribution in [0.1, 0.15) is 17.2 Å². The summed E-state index contributed by atoms with van der Waals surface area (Å²) >= 11 is 0. The zero-order valence-corrected chi connectivity index (χ0v) is 11.4. The van der Waals surface area contributed by atoms with E-state index >= 15 is 0 Å².